The van der Waals surface area contributed by atoms with Crippen LogP contribution in [0.4, 0.5) is 8.78 Å². The van der Waals surface area contributed by atoms with Crippen molar-refractivity contribution in [2.75, 3.05) is 13.1 Å². The highest BCUT2D eigenvalue weighted by Gasteiger charge is 2.24. The Morgan fingerprint density at radius 3 is 2.46 bits per heavy atom. The topological polar surface area (TPSA) is 58.9 Å². The Labute approximate surface area is 171 Å². The molecule has 0 aliphatic heterocycles. The maximum atomic E-state index is 14.3. The van der Waals surface area contributed by atoms with Crippen molar-refractivity contribution in [3.05, 3.63) is 41.6 Å². The molecule has 0 saturated heterocycles. The number of nitrogens with zero attached hydrogens (tertiary/aromatic N) is 2. The van der Waals surface area contributed by atoms with Gasteiger partial charge in [-0.2, -0.15) is 5.10 Å². The maximum Gasteiger partial charge on any atom is 0.255 e. The second kappa shape index (κ2) is 9.98. The Balaban J connectivity index is 0.00000392. The molecule has 0 radical (unpaired) electrons. The number of carbonyl (C=O) groups excluding carboxylic acids is 1. The quantitative estimate of drug-likeness (QED) is 0.670. The molecule has 1 aromatic carbocycles. The van der Waals surface area contributed by atoms with Gasteiger partial charge in [0, 0.05) is 30.4 Å². The summed E-state index contributed by atoms with van der Waals surface area (Å²) in [6.45, 7) is 11.2. The molecular weight excluding hydrogens is 386 g/mol. The standard InChI is InChI=1S/C20H28F2N4O.ClH/c1-13(2)23-9-6-10-24-19(27)16-12-26(20(3,4)5)25-18(16)15-8-7-14(21)11-17(15)22;/h7-8,11-13,23H,6,9-10H2,1-5H3,(H,24,27);1H. The Morgan fingerprint density at radius 1 is 1.21 bits per heavy atom. The lowest BCUT2D eigenvalue weighted by atomic mass is 10.1. The molecule has 1 aromatic heterocycles. The second-order valence-electron chi connectivity index (χ2n) is 7.85. The second-order valence-corrected chi connectivity index (χ2v) is 7.85. The molecule has 8 heteroatoms. The highest BCUT2D eigenvalue weighted by atomic mass is 35.5. The fourth-order valence-electron chi connectivity index (χ4n) is 2.54. The lowest BCUT2D eigenvalue weighted by Gasteiger charge is -2.18. The molecule has 28 heavy (non-hydrogen) atoms. The van der Waals surface area contributed by atoms with Gasteiger partial charge in [-0.25, -0.2) is 8.78 Å². The molecule has 2 N–H and O–H groups in total. The van der Waals surface area contributed by atoms with Crippen LogP contribution in [0.5, 0.6) is 0 Å². The van der Waals surface area contributed by atoms with Crippen molar-refractivity contribution in [2.24, 2.45) is 0 Å². The number of hydrogen-bond donors (Lipinski definition) is 2. The molecule has 156 valence electrons. The van der Waals surface area contributed by atoms with Crippen molar-refractivity contribution >= 4 is 18.3 Å². The Hall–Kier alpha value is -1.99. The molecule has 0 bridgehead atoms. The predicted octanol–water partition coefficient (Wildman–Crippen LogP) is 4.12. The molecule has 2 rings (SSSR count). The van der Waals surface area contributed by atoms with Crippen LogP contribution in [0.15, 0.2) is 24.4 Å². The summed E-state index contributed by atoms with van der Waals surface area (Å²) in [7, 11) is 0. The van der Waals surface area contributed by atoms with E-state index in [1.54, 1.807) is 10.9 Å². The van der Waals surface area contributed by atoms with E-state index < -0.39 is 11.6 Å². The zero-order valence-corrected chi connectivity index (χ0v) is 17.8. The number of benzene rings is 1. The molecule has 1 amide bonds. The molecule has 2 aromatic rings. The van der Waals surface area contributed by atoms with Gasteiger partial charge in [0.25, 0.3) is 5.91 Å². The van der Waals surface area contributed by atoms with Gasteiger partial charge in [0.1, 0.15) is 17.3 Å². The zero-order valence-electron chi connectivity index (χ0n) is 17.0. The smallest absolute Gasteiger partial charge is 0.255 e. The van der Waals surface area contributed by atoms with E-state index in [0.717, 1.165) is 25.1 Å². The van der Waals surface area contributed by atoms with Crippen molar-refractivity contribution in [3.8, 4) is 11.3 Å². The Morgan fingerprint density at radius 2 is 1.89 bits per heavy atom. The van der Waals surface area contributed by atoms with Crippen molar-refractivity contribution < 1.29 is 13.6 Å². The van der Waals surface area contributed by atoms with E-state index >= 15 is 0 Å². The first-order chi connectivity index (χ1) is 12.6. The summed E-state index contributed by atoms with van der Waals surface area (Å²) >= 11 is 0. The fraction of sp³-hybridized carbons (Fsp3) is 0.500. The summed E-state index contributed by atoms with van der Waals surface area (Å²) in [6, 6.07) is 3.65. The van der Waals surface area contributed by atoms with Crippen LogP contribution in [0.25, 0.3) is 11.3 Å². The summed E-state index contributed by atoms with van der Waals surface area (Å²) in [6.07, 6.45) is 2.39. The van der Waals surface area contributed by atoms with Crippen LogP contribution in [-0.2, 0) is 5.54 Å². The molecule has 1 heterocycles. The summed E-state index contributed by atoms with van der Waals surface area (Å²) in [4.78, 5) is 12.7. The number of rotatable bonds is 7. The first-order valence-corrected chi connectivity index (χ1v) is 9.16. The third-order valence-electron chi connectivity index (χ3n) is 4.02. The summed E-state index contributed by atoms with van der Waals surface area (Å²) in [5.41, 5.74) is 0.198. The van der Waals surface area contributed by atoms with Gasteiger partial charge in [0.2, 0.25) is 0 Å². The maximum absolute atomic E-state index is 14.3. The molecule has 5 nitrogen and oxygen atoms in total. The van der Waals surface area contributed by atoms with E-state index in [4.69, 9.17) is 0 Å². The van der Waals surface area contributed by atoms with Gasteiger partial charge in [0.15, 0.2) is 0 Å². The number of aromatic nitrogens is 2. The lowest BCUT2D eigenvalue weighted by Crippen LogP contribution is -2.29. The molecule has 0 fully saturated rings. The average molecular weight is 415 g/mol. The van der Waals surface area contributed by atoms with Crippen LogP contribution in [0.3, 0.4) is 0 Å². The van der Waals surface area contributed by atoms with E-state index in [-0.39, 0.29) is 40.7 Å². The molecule has 0 unspecified atom stereocenters. The van der Waals surface area contributed by atoms with Crippen LogP contribution in [0.2, 0.25) is 0 Å². The minimum Gasteiger partial charge on any atom is -0.352 e. The highest BCUT2D eigenvalue weighted by molar-refractivity contribution is 5.99. The molecular formula is C20H29ClF2N4O. The van der Waals surface area contributed by atoms with E-state index in [9.17, 15) is 13.6 Å². The zero-order chi connectivity index (χ0) is 20.2. The number of carbonyl (C=O) groups is 1. The number of hydrogen-bond acceptors (Lipinski definition) is 3. The molecule has 0 atom stereocenters. The monoisotopic (exact) mass is 414 g/mol. The summed E-state index contributed by atoms with van der Waals surface area (Å²) < 4.78 is 29.2. The Bertz CT molecular complexity index is 800. The highest BCUT2D eigenvalue weighted by Crippen LogP contribution is 2.28. The fourth-order valence-corrected chi connectivity index (χ4v) is 2.54. The third kappa shape index (κ3) is 6.27. The van der Waals surface area contributed by atoms with Gasteiger partial charge in [-0.3, -0.25) is 9.48 Å². The van der Waals surface area contributed by atoms with Gasteiger partial charge >= 0.3 is 0 Å². The molecule has 0 aliphatic rings. The van der Waals surface area contributed by atoms with Crippen molar-refractivity contribution in [3.63, 3.8) is 0 Å². The van der Waals surface area contributed by atoms with Crippen LogP contribution in [0, 0.1) is 11.6 Å². The molecule has 0 spiro atoms. The first-order valence-electron chi connectivity index (χ1n) is 9.16. The SMILES string of the molecule is CC(C)NCCCNC(=O)c1cn(C(C)(C)C)nc1-c1ccc(F)cc1F.Cl. The van der Waals surface area contributed by atoms with Crippen molar-refractivity contribution in [1.29, 1.82) is 0 Å². The minimum atomic E-state index is -0.746. The minimum absolute atomic E-state index is 0. The predicted molar refractivity (Wildman–Crippen MR) is 110 cm³/mol. The van der Waals surface area contributed by atoms with Crippen LogP contribution in [0.1, 0.15) is 51.4 Å². The van der Waals surface area contributed by atoms with E-state index in [0.29, 0.717) is 12.6 Å². The van der Waals surface area contributed by atoms with E-state index in [2.05, 4.69) is 29.6 Å². The van der Waals surface area contributed by atoms with Crippen molar-refractivity contribution in [1.82, 2.24) is 20.4 Å². The van der Waals surface area contributed by atoms with Gasteiger partial charge in [-0.15, -0.1) is 12.4 Å². The summed E-state index contributed by atoms with van der Waals surface area (Å²) in [5, 5.41) is 10.5. The van der Waals surface area contributed by atoms with Gasteiger partial charge in [0.05, 0.1) is 11.1 Å². The van der Waals surface area contributed by atoms with Crippen molar-refractivity contribution in [2.45, 2.75) is 52.6 Å². The number of amides is 1. The Kier molecular flexibility index (Phi) is 8.57. The largest absolute Gasteiger partial charge is 0.352 e. The normalized spacial score (nSPS) is 11.4. The third-order valence-corrected chi connectivity index (χ3v) is 4.02. The number of nitrogens with one attached hydrogen (secondary N) is 2. The van der Waals surface area contributed by atoms with Gasteiger partial charge in [-0.05, 0) is 45.9 Å². The van der Waals surface area contributed by atoms with Crippen LogP contribution in [-0.4, -0.2) is 34.8 Å². The van der Waals surface area contributed by atoms with E-state index in [1.165, 1.54) is 6.07 Å². The number of halogens is 3. The lowest BCUT2D eigenvalue weighted by molar-refractivity contribution is 0.0953. The molecule has 0 aliphatic carbocycles. The van der Waals surface area contributed by atoms with Gasteiger partial charge in [-0.1, -0.05) is 13.8 Å². The van der Waals surface area contributed by atoms with Crippen LogP contribution < -0.4 is 10.6 Å². The van der Waals surface area contributed by atoms with Gasteiger partial charge < -0.3 is 10.6 Å². The first kappa shape index (κ1) is 24.0. The van der Waals surface area contributed by atoms with Crippen LogP contribution >= 0.6 is 12.4 Å². The summed E-state index contributed by atoms with van der Waals surface area (Å²) in [5.74, 6) is -1.74. The average Bonchev–Trinajstić information content (AvgIpc) is 2.99. The van der Waals surface area contributed by atoms with E-state index in [1.807, 2.05) is 20.8 Å². The molecule has 0 saturated carbocycles.